The van der Waals surface area contributed by atoms with Gasteiger partial charge in [0, 0.05) is 46.0 Å². The highest BCUT2D eigenvalue weighted by Gasteiger charge is 2.26. The van der Waals surface area contributed by atoms with Gasteiger partial charge in [-0.1, -0.05) is 47.5 Å². The lowest BCUT2D eigenvalue weighted by Crippen LogP contribution is -2.49. The molecule has 5 nitrogen and oxygen atoms in total. The molecule has 2 amide bonds. The van der Waals surface area contributed by atoms with Gasteiger partial charge in [-0.25, -0.2) is 4.39 Å². The molecular weight excluding hydrogens is 476 g/mol. The Hall–Kier alpha value is -3.09. The Morgan fingerprint density at radius 3 is 2.09 bits per heavy atom. The van der Waals surface area contributed by atoms with Crippen molar-refractivity contribution in [2.45, 2.75) is 0 Å². The van der Waals surface area contributed by atoms with E-state index in [-0.39, 0.29) is 22.4 Å². The van der Waals surface area contributed by atoms with E-state index in [1.54, 1.807) is 31.1 Å². The Balaban J connectivity index is 1.42. The molecule has 1 fully saturated rings. The van der Waals surface area contributed by atoms with Crippen LogP contribution in [-0.4, -0.2) is 61.9 Å². The minimum atomic E-state index is -0.602. The Kier molecular flexibility index (Phi) is 7.10. The van der Waals surface area contributed by atoms with Crippen molar-refractivity contribution in [2.24, 2.45) is 0 Å². The fraction of sp³-hybridized carbons (Fsp3) is 0.231. The Bertz CT molecular complexity index is 1200. The minimum Gasteiger partial charge on any atom is -0.368 e. The van der Waals surface area contributed by atoms with Crippen molar-refractivity contribution in [1.82, 2.24) is 9.80 Å². The zero-order chi connectivity index (χ0) is 24.4. The van der Waals surface area contributed by atoms with Gasteiger partial charge < -0.3 is 14.7 Å². The van der Waals surface area contributed by atoms with E-state index in [9.17, 15) is 14.0 Å². The average Bonchev–Trinajstić information content (AvgIpc) is 2.83. The summed E-state index contributed by atoms with van der Waals surface area (Å²) in [7, 11) is 3.38. The van der Waals surface area contributed by atoms with Crippen LogP contribution in [0.15, 0.2) is 60.7 Å². The number of carbonyl (C=O) groups is 2. The highest BCUT2D eigenvalue weighted by Crippen LogP contribution is 2.29. The maximum absolute atomic E-state index is 14.1. The van der Waals surface area contributed by atoms with Crippen LogP contribution in [-0.2, 0) is 0 Å². The van der Waals surface area contributed by atoms with Crippen LogP contribution in [0.2, 0.25) is 10.0 Å². The van der Waals surface area contributed by atoms with Crippen molar-refractivity contribution in [3.63, 3.8) is 0 Å². The highest BCUT2D eigenvalue weighted by molar-refractivity contribution is 6.34. The first kappa shape index (κ1) is 24.0. The van der Waals surface area contributed by atoms with Crippen LogP contribution in [0.4, 0.5) is 10.1 Å². The molecule has 1 aliphatic heterocycles. The summed E-state index contributed by atoms with van der Waals surface area (Å²) in [4.78, 5) is 30.3. The van der Waals surface area contributed by atoms with Crippen molar-refractivity contribution in [3.8, 4) is 11.1 Å². The monoisotopic (exact) mass is 499 g/mol. The van der Waals surface area contributed by atoms with E-state index in [2.05, 4.69) is 4.90 Å². The van der Waals surface area contributed by atoms with Gasteiger partial charge in [-0.05, 0) is 47.5 Å². The maximum atomic E-state index is 14.1. The third-order valence-corrected chi connectivity index (χ3v) is 6.54. The number of anilines is 1. The smallest absolute Gasteiger partial charge is 0.258 e. The zero-order valence-electron chi connectivity index (χ0n) is 18.9. The van der Waals surface area contributed by atoms with E-state index >= 15 is 0 Å². The molecule has 3 aromatic carbocycles. The average molecular weight is 500 g/mol. The van der Waals surface area contributed by atoms with Crippen molar-refractivity contribution in [3.05, 3.63) is 87.7 Å². The number of hydrogen-bond donors (Lipinski definition) is 0. The molecule has 0 saturated carbocycles. The van der Waals surface area contributed by atoms with Crippen molar-refractivity contribution in [1.29, 1.82) is 0 Å². The molecule has 1 aliphatic rings. The van der Waals surface area contributed by atoms with Crippen LogP contribution < -0.4 is 4.90 Å². The minimum absolute atomic E-state index is 0.0704. The first-order valence-corrected chi connectivity index (χ1v) is 11.6. The number of amides is 2. The molecule has 0 radical (unpaired) electrons. The number of piperazine rings is 1. The van der Waals surface area contributed by atoms with E-state index in [1.165, 1.54) is 23.1 Å². The van der Waals surface area contributed by atoms with E-state index in [0.29, 0.717) is 36.8 Å². The second kappa shape index (κ2) is 10.0. The van der Waals surface area contributed by atoms with Gasteiger partial charge in [0.2, 0.25) is 0 Å². The third-order valence-electron chi connectivity index (χ3n) is 5.91. The Labute approximate surface area is 208 Å². The molecule has 0 aliphatic carbocycles. The summed E-state index contributed by atoms with van der Waals surface area (Å²) in [6.45, 7) is 2.21. The summed E-state index contributed by atoms with van der Waals surface area (Å²) < 4.78 is 14.1. The molecule has 0 spiro atoms. The summed E-state index contributed by atoms with van der Waals surface area (Å²) in [6.07, 6.45) is 0. The van der Waals surface area contributed by atoms with Crippen LogP contribution in [0.1, 0.15) is 20.7 Å². The number of halogens is 3. The molecule has 0 bridgehead atoms. The lowest BCUT2D eigenvalue weighted by Gasteiger charge is -2.36. The predicted molar refractivity (Wildman–Crippen MR) is 134 cm³/mol. The fourth-order valence-corrected chi connectivity index (χ4v) is 4.51. The molecule has 8 heteroatoms. The summed E-state index contributed by atoms with van der Waals surface area (Å²) in [5, 5.41) is 0.540. The lowest BCUT2D eigenvalue weighted by molar-refractivity contribution is 0.0741. The van der Waals surface area contributed by atoms with Gasteiger partial charge in [0.05, 0.1) is 21.2 Å². The van der Waals surface area contributed by atoms with Crippen molar-refractivity contribution in [2.75, 3.05) is 45.2 Å². The van der Waals surface area contributed by atoms with Crippen LogP contribution in [0.3, 0.4) is 0 Å². The summed E-state index contributed by atoms with van der Waals surface area (Å²) in [6, 6.07) is 17.7. The lowest BCUT2D eigenvalue weighted by atomic mass is 10.0. The van der Waals surface area contributed by atoms with E-state index in [1.807, 2.05) is 30.3 Å². The number of carbonyl (C=O) groups excluding carboxylic acids is 2. The normalized spacial score (nSPS) is 13.7. The van der Waals surface area contributed by atoms with Gasteiger partial charge >= 0.3 is 0 Å². The van der Waals surface area contributed by atoms with Gasteiger partial charge in [-0.3, -0.25) is 9.59 Å². The number of benzene rings is 3. The molecule has 0 aromatic heterocycles. The fourth-order valence-electron chi connectivity index (χ4n) is 4.00. The molecule has 176 valence electrons. The van der Waals surface area contributed by atoms with E-state index < -0.39 is 5.82 Å². The third kappa shape index (κ3) is 4.88. The Morgan fingerprint density at radius 2 is 1.50 bits per heavy atom. The second-order valence-electron chi connectivity index (χ2n) is 8.32. The van der Waals surface area contributed by atoms with Gasteiger partial charge in [0.25, 0.3) is 11.8 Å². The molecule has 4 rings (SSSR count). The van der Waals surface area contributed by atoms with Gasteiger partial charge in [-0.15, -0.1) is 0 Å². The molecule has 0 atom stereocenters. The number of rotatable bonds is 4. The zero-order valence-corrected chi connectivity index (χ0v) is 20.4. The first-order valence-electron chi connectivity index (χ1n) is 10.9. The topological polar surface area (TPSA) is 43.9 Å². The standard InChI is InChI=1S/C26H24Cl2FN3O2/c1-30(2)25(33)20-11-8-18(16-22(20)28)17-6-9-19(10-7-17)31-12-14-32(15-13-31)26(34)24-21(27)4-3-5-23(24)29/h3-11,16H,12-15H2,1-2H3. The molecule has 3 aromatic rings. The van der Waals surface area contributed by atoms with Crippen molar-refractivity contribution < 1.29 is 14.0 Å². The van der Waals surface area contributed by atoms with Gasteiger partial charge in [-0.2, -0.15) is 0 Å². The molecule has 1 saturated heterocycles. The molecule has 0 N–H and O–H groups in total. The van der Waals surface area contributed by atoms with Gasteiger partial charge in [0.1, 0.15) is 5.82 Å². The largest absolute Gasteiger partial charge is 0.368 e. The first-order chi connectivity index (χ1) is 16.3. The number of hydrogen-bond acceptors (Lipinski definition) is 3. The van der Waals surface area contributed by atoms with Crippen LogP contribution >= 0.6 is 23.2 Å². The van der Waals surface area contributed by atoms with Gasteiger partial charge in [0.15, 0.2) is 0 Å². The Morgan fingerprint density at radius 1 is 0.853 bits per heavy atom. The maximum Gasteiger partial charge on any atom is 0.258 e. The van der Waals surface area contributed by atoms with E-state index in [4.69, 9.17) is 23.2 Å². The van der Waals surface area contributed by atoms with Crippen LogP contribution in [0, 0.1) is 5.82 Å². The predicted octanol–water partition coefficient (Wildman–Crippen LogP) is 5.46. The number of nitrogens with zero attached hydrogens (tertiary/aromatic N) is 3. The summed E-state index contributed by atoms with van der Waals surface area (Å²) >= 11 is 12.4. The SMILES string of the molecule is CN(C)C(=O)c1ccc(-c2ccc(N3CCN(C(=O)c4c(F)cccc4Cl)CC3)cc2)cc1Cl. The highest BCUT2D eigenvalue weighted by atomic mass is 35.5. The van der Waals surface area contributed by atoms with Crippen LogP contribution in [0.5, 0.6) is 0 Å². The van der Waals surface area contributed by atoms with Crippen LogP contribution in [0.25, 0.3) is 11.1 Å². The quantitative estimate of drug-likeness (QED) is 0.478. The molecule has 1 heterocycles. The summed E-state index contributed by atoms with van der Waals surface area (Å²) in [5.74, 6) is -1.12. The molecule has 0 unspecified atom stereocenters. The molecule has 34 heavy (non-hydrogen) atoms. The van der Waals surface area contributed by atoms with Crippen molar-refractivity contribution >= 4 is 40.7 Å². The summed E-state index contributed by atoms with van der Waals surface area (Å²) in [5.41, 5.74) is 3.34. The molecular formula is C26H24Cl2FN3O2. The van der Waals surface area contributed by atoms with E-state index in [0.717, 1.165) is 16.8 Å². The second-order valence-corrected chi connectivity index (χ2v) is 9.13.